The summed E-state index contributed by atoms with van der Waals surface area (Å²) in [6, 6.07) is 15.1. The SMILES string of the molecule is COc1ccc(C2CC(=O)c3c(O)cc(O)cc3O2)cc1-c1c(OC)cc(O)c2c1OC(c1ccc(O)cc1)CC2=O. The lowest BCUT2D eigenvalue weighted by Gasteiger charge is -2.30. The first kappa shape index (κ1) is 26.8. The van der Waals surface area contributed by atoms with Crippen LogP contribution < -0.4 is 18.9 Å². The summed E-state index contributed by atoms with van der Waals surface area (Å²) in [5, 5.41) is 40.7. The molecule has 0 radical (unpaired) electrons. The van der Waals surface area contributed by atoms with Crippen molar-refractivity contribution in [3.05, 3.63) is 82.9 Å². The number of benzene rings is 4. The van der Waals surface area contributed by atoms with Gasteiger partial charge in [0.2, 0.25) is 0 Å². The van der Waals surface area contributed by atoms with Gasteiger partial charge in [0.15, 0.2) is 11.6 Å². The number of aromatic hydroxyl groups is 4. The van der Waals surface area contributed by atoms with Crippen LogP contribution in [-0.2, 0) is 0 Å². The molecule has 6 rings (SSSR count). The van der Waals surface area contributed by atoms with Crippen molar-refractivity contribution in [3.63, 3.8) is 0 Å². The van der Waals surface area contributed by atoms with E-state index < -0.39 is 12.2 Å². The van der Waals surface area contributed by atoms with Crippen LogP contribution in [0.3, 0.4) is 0 Å². The van der Waals surface area contributed by atoms with Gasteiger partial charge in [0.25, 0.3) is 0 Å². The molecule has 2 aliphatic rings. The van der Waals surface area contributed by atoms with Gasteiger partial charge in [-0.3, -0.25) is 9.59 Å². The summed E-state index contributed by atoms with van der Waals surface area (Å²) in [5.41, 5.74) is 2.01. The minimum atomic E-state index is -0.776. The maximum Gasteiger partial charge on any atom is 0.174 e. The fraction of sp³-hybridized carbons (Fsp3) is 0.188. The van der Waals surface area contributed by atoms with Gasteiger partial charge in [-0.15, -0.1) is 0 Å². The maximum atomic E-state index is 13.4. The average Bonchev–Trinajstić information content (AvgIpc) is 2.96. The molecule has 4 aromatic carbocycles. The van der Waals surface area contributed by atoms with Crippen molar-refractivity contribution in [2.24, 2.45) is 0 Å². The molecule has 0 saturated carbocycles. The fourth-order valence-corrected chi connectivity index (χ4v) is 5.49. The molecule has 0 saturated heterocycles. The topological polar surface area (TPSA) is 152 Å². The molecule has 10 heteroatoms. The van der Waals surface area contributed by atoms with Crippen LogP contribution in [-0.4, -0.2) is 46.2 Å². The Labute approximate surface area is 239 Å². The van der Waals surface area contributed by atoms with Gasteiger partial charge in [-0.2, -0.15) is 0 Å². The Hall–Kier alpha value is -5.38. The summed E-state index contributed by atoms with van der Waals surface area (Å²) in [6.45, 7) is 0. The highest BCUT2D eigenvalue weighted by Gasteiger charge is 2.36. The lowest BCUT2D eigenvalue weighted by atomic mass is 9.89. The molecule has 214 valence electrons. The largest absolute Gasteiger partial charge is 0.508 e. The van der Waals surface area contributed by atoms with Gasteiger partial charge in [0.05, 0.1) is 32.6 Å². The molecule has 10 nitrogen and oxygen atoms in total. The third-order valence-electron chi connectivity index (χ3n) is 7.47. The van der Waals surface area contributed by atoms with E-state index in [1.54, 1.807) is 30.3 Å². The number of phenolic OH excluding ortho intramolecular Hbond substituents is 4. The van der Waals surface area contributed by atoms with E-state index in [0.717, 1.165) is 6.07 Å². The van der Waals surface area contributed by atoms with Crippen molar-refractivity contribution in [3.8, 4) is 57.1 Å². The Morgan fingerprint density at radius 1 is 0.643 bits per heavy atom. The van der Waals surface area contributed by atoms with E-state index in [9.17, 15) is 30.0 Å². The van der Waals surface area contributed by atoms with Crippen molar-refractivity contribution in [1.29, 1.82) is 0 Å². The lowest BCUT2D eigenvalue weighted by molar-refractivity contribution is 0.0834. The normalized spacial score (nSPS) is 17.5. The molecular weight excluding hydrogens is 544 g/mol. The van der Waals surface area contributed by atoms with Crippen LogP contribution in [0, 0.1) is 0 Å². The van der Waals surface area contributed by atoms with E-state index in [1.807, 2.05) is 0 Å². The number of hydrogen-bond acceptors (Lipinski definition) is 10. The minimum Gasteiger partial charge on any atom is -0.508 e. The van der Waals surface area contributed by atoms with Crippen LogP contribution in [0.4, 0.5) is 0 Å². The van der Waals surface area contributed by atoms with E-state index >= 15 is 0 Å². The molecule has 4 aromatic rings. The molecule has 0 aromatic heterocycles. The number of fused-ring (bicyclic) bond motifs is 2. The number of Topliss-reactive ketones (excluding diaryl/α,β-unsaturated/α-hetero) is 2. The van der Waals surface area contributed by atoms with Crippen molar-refractivity contribution < 1.29 is 49.0 Å². The predicted molar refractivity (Wildman–Crippen MR) is 149 cm³/mol. The third-order valence-corrected chi connectivity index (χ3v) is 7.47. The van der Waals surface area contributed by atoms with E-state index in [4.69, 9.17) is 18.9 Å². The van der Waals surface area contributed by atoms with Crippen LogP contribution in [0.15, 0.2) is 60.7 Å². The molecule has 2 heterocycles. The molecule has 0 spiro atoms. The number of carbonyl (C=O) groups excluding carboxylic acids is 2. The molecule has 0 bridgehead atoms. The number of hydrogen-bond donors (Lipinski definition) is 4. The second kappa shape index (κ2) is 10.2. The number of phenols is 4. The Kier molecular flexibility index (Phi) is 6.53. The Morgan fingerprint density at radius 2 is 1.26 bits per heavy atom. The zero-order valence-electron chi connectivity index (χ0n) is 22.6. The van der Waals surface area contributed by atoms with Crippen LogP contribution in [0.25, 0.3) is 11.1 Å². The zero-order chi connectivity index (χ0) is 29.7. The molecule has 2 aliphatic heterocycles. The highest BCUT2D eigenvalue weighted by Crippen LogP contribution is 2.53. The predicted octanol–water partition coefficient (Wildman–Crippen LogP) is 5.61. The second-order valence-corrected chi connectivity index (χ2v) is 10.0. The summed E-state index contributed by atoms with van der Waals surface area (Å²) in [6.07, 6.45) is -1.60. The van der Waals surface area contributed by atoms with E-state index in [-0.39, 0.29) is 75.8 Å². The Bertz CT molecular complexity index is 1740. The van der Waals surface area contributed by atoms with Gasteiger partial charge < -0.3 is 39.4 Å². The van der Waals surface area contributed by atoms with Crippen molar-refractivity contribution >= 4 is 11.6 Å². The van der Waals surface area contributed by atoms with Gasteiger partial charge >= 0.3 is 0 Å². The molecule has 0 aliphatic carbocycles. The number of rotatable bonds is 5. The summed E-state index contributed by atoms with van der Waals surface area (Å²) in [5.74, 6) is -0.799. The minimum absolute atomic E-state index is 0.000700. The molecule has 2 atom stereocenters. The first-order valence-corrected chi connectivity index (χ1v) is 13.0. The summed E-state index contributed by atoms with van der Waals surface area (Å²) in [4.78, 5) is 26.3. The molecule has 4 N–H and O–H groups in total. The van der Waals surface area contributed by atoms with Gasteiger partial charge in [-0.25, -0.2) is 0 Å². The van der Waals surface area contributed by atoms with Gasteiger partial charge in [-0.05, 0) is 35.4 Å². The lowest BCUT2D eigenvalue weighted by Crippen LogP contribution is -2.22. The molecule has 0 amide bonds. The van der Waals surface area contributed by atoms with Crippen molar-refractivity contribution in [2.45, 2.75) is 25.0 Å². The van der Waals surface area contributed by atoms with Crippen LogP contribution in [0.1, 0.15) is 56.9 Å². The summed E-state index contributed by atoms with van der Waals surface area (Å²) < 4.78 is 23.7. The van der Waals surface area contributed by atoms with Crippen LogP contribution in [0.2, 0.25) is 0 Å². The van der Waals surface area contributed by atoms with Gasteiger partial charge in [-0.1, -0.05) is 18.2 Å². The van der Waals surface area contributed by atoms with E-state index in [0.29, 0.717) is 28.0 Å². The third kappa shape index (κ3) is 4.46. The first-order valence-electron chi connectivity index (χ1n) is 13.0. The summed E-state index contributed by atoms with van der Waals surface area (Å²) in [7, 11) is 2.90. The fourth-order valence-electron chi connectivity index (χ4n) is 5.49. The monoisotopic (exact) mass is 570 g/mol. The average molecular weight is 571 g/mol. The maximum absolute atomic E-state index is 13.4. The highest BCUT2D eigenvalue weighted by atomic mass is 16.5. The number of methoxy groups -OCH3 is 2. The molecular formula is C32H26O10. The number of ether oxygens (including phenoxy) is 4. The molecule has 2 unspecified atom stereocenters. The quantitative estimate of drug-likeness (QED) is 0.238. The Morgan fingerprint density at radius 3 is 1.95 bits per heavy atom. The molecule has 42 heavy (non-hydrogen) atoms. The number of carbonyl (C=O) groups is 2. The van der Waals surface area contributed by atoms with Crippen LogP contribution in [0.5, 0.6) is 46.0 Å². The van der Waals surface area contributed by atoms with Crippen LogP contribution >= 0.6 is 0 Å². The number of ketones is 2. The zero-order valence-corrected chi connectivity index (χ0v) is 22.6. The van der Waals surface area contributed by atoms with E-state index in [2.05, 4.69) is 0 Å². The smallest absolute Gasteiger partial charge is 0.174 e. The van der Waals surface area contributed by atoms with E-state index in [1.165, 1.54) is 38.5 Å². The first-order chi connectivity index (χ1) is 20.2. The van der Waals surface area contributed by atoms with Crippen molar-refractivity contribution in [1.82, 2.24) is 0 Å². The Balaban J connectivity index is 1.49. The van der Waals surface area contributed by atoms with Gasteiger partial charge in [0, 0.05) is 23.8 Å². The summed E-state index contributed by atoms with van der Waals surface area (Å²) >= 11 is 0. The highest BCUT2D eigenvalue weighted by molar-refractivity contribution is 6.06. The van der Waals surface area contributed by atoms with Crippen molar-refractivity contribution in [2.75, 3.05) is 14.2 Å². The second-order valence-electron chi connectivity index (χ2n) is 10.0. The standard InChI is InChI=1S/C32H26O10/c1-39-24-8-5-16(26-12-21(36)30-20(35)10-18(34)11-28(30)41-26)9-19(24)29-27(40-2)14-23(38)31-22(37)13-25(42-32(29)31)15-3-6-17(33)7-4-15/h3-11,14,25-26,33-35,38H,12-13H2,1-2H3. The molecule has 0 fully saturated rings. The van der Waals surface area contributed by atoms with Gasteiger partial charge in [0.1, 0.15) is 69.3 Å².